The van der Waals surface area contributed by atoms with Gasteiger partial charge in [-0.2, -0.15) is 0 Å². The van der Waals surface area contributed by atoms with Gasteiger partial charge < -0.3 is 10.1 Å². The average molecular weight is 280 g/mol. The zero-order valence-electron chi connectivity index (χ0n) is 12.0. The van der Waals surface area contributed by atoms with Crippen molar-refractivity contribution in [2.75, 3.05) is 13.2 Å². The molecule has 1 aromatic carbocycles. The Bertz CT molecular complexity index is 486. The van der Waals surface area contributed by atoms with Crippen molar-refractivity contribution in [3.05, 3.63) is 33.9 Å². The number of hydrogen-bond donors (Lipinski definition) is 1. The first-order valence-corrected chi connectivity index (χ1v) is 6.65. The molecule has 110 valence electrons. The fourth-order valence-electron chi connectivity index (χ4n) is 1.66. The molecule has 0 aliphatic rings. The summed E-state index contributed by atoms with van der Waals surface area (Å²) >= 11 is 0. The van der Waals surface area contributed by atoms with Gasteiger partial charge in [0.05, 0.1) is 11.5 Å². The zero-order valence-corrected chi connectivity index (χ0v) is 12.0. The molecular formula is C14H20N2O4. The Labute approximate surface area is 118 Å². The molecule has 6 nitrogen and oxygen atoms in total. The summed E-state index contributed by atoms with van der Waals surface area (Å²) in [7, 11) is 0. The fourth-order valence-corrected chi connectivity index (χ4v) is 1.66. The number of nitrogens with one attached hydrogen (secondary N) is 1. The lowest BCUT2D eigenvalue weighted by molar-refractivity contribution is -0.385. The molecule has 0 aromatic heterocycles. The molecule has 0 unspecified atom stereocenters. The van der Waals surface area contributed by atoms with Gasteiger partial charge in [0.1, 0.15) is 0 Å². The summed E-state index contributed by atoms with van der Waals surface area (Å²) in [6.07, 6.45) is 0.866. The smallest absolute Gasteiger partial charge is 0.311 e. The van der Waals surface area contributed by atoms with E-state index < -0.39 is 4.92 Å². The van der Waals surface area contributed by atoms with E-state index in [9.17, 15) is 14.9 Å². The third kappa shape index (κ3) is 4.53. The molecule has 0 atom stereocenters. The quantitative estimate of drug-likeness (QED) is 0.615. The van der Waals surface area contributed by atoms with E-state index in [0.29, 0.717) is 19.1 Å². The number of carbonyl (C=O) groups is 1. The van der Waals surface area contributed by atoms with Gasteiger partial charge in [-0.3, -0.25) is 14.9 Å². The van der Waals surface area contributed by atoms with Crippen LogP contribution in [-0.2, 0) is 0 Å². The second-order valence-electron chi connectivity index (χ2n) is 4.81. The van der Waals surface area contributed by atoms with Crippen LogP contribution in [0.1, 0.15) is 37.6 Å². The van der Waals surface area contributed by atoms with E-state index in [2.05, 4.69) is 19.2 Å². The van der Waals surface area contributed by atoms with Crippen LogP contribution in [-0.4, -0.2) is 24.0 Å². The molecule has 0 bridgehead atoms. The largest absolute Gasteiger partial charge is 0.487 e. The monoisotopic (exact) mass is 280 g/mol. The molecule has 20 heavy (non-hydrogen) atoms. The number of amides is 1. The maximum atomic E-state index is 11.9. The Hall–Kier alpha value is -2.11. The topological polar surface area (TPSA) is 81.5 Å². The number of ether oxygens (including phenoxy) is 1. The van der Waals surface area contributed by atoms with Crippen LogP contribution in [0.15, 0.2) is 18.2 Å². The van der Waals surface area contributed by atoms with Crippen molar-refractivity contribution in [2.45, 2.75) is 27.2 Å². The van der Waals surface area contributed by atoms with Crippen LogP contribution in [0.2, 0.25) is 0 Å². The molecule has 0 saturated carbocycles. The maximum Gasteiger partial charge on any atom is 0.311 e. The summed E-state index contributed by atoms with van der Waals surface area (Å²) in [6.45, 7) is 6.76. The molecule has 0 heterocycles. The van der Waals surface area contributed by atoms with Crippen LogP contribution in [0.25, 0.3) is 0 Å². The number of nitro benzene ring substituents is 1. The Balaban J connectivity index is 2.83. The molecule has 0 radical (unpaired) electrons. The van der Waals surface area contributed by atoms with Gasteiger partial charge in [0.2, 0.25) is 0 Å². The number of hydrogen-bond acceptors (Lipinski definition) is 4. The van der Waals surface area contributed by atoms with Gasteiger partial charge in [-0.05, 0) is 31.4 Å². The minimum absolute atomic E-state index is 0.177. The van der Waals surface area contributed by atoms with E-state index in [1.807, 2.05) is 0 Å². The van der Waals surface area contributed by atoms with Gasteiger partial charge in [-0.15, -0.1) is 0 Å². The molecule has 0 spiro atoms. The standard InChI is InChI=1S/C14H20N2O4/c1-4-20-13-6-5-11(9-12(13)16(18)19)14(17)15-8-7-10(2)3/h5-6,9-10H,4,7-8H2,1-3H3,(H,15,17). The van der Waals surface area contributed by atoms with Crippen molar-refractivity contribution >= 4 is 11.6 Å². The summed E-state index contributed by atoms with van der Waals surface area (Å²) < 4.78 is 5.17. The Morgan fingerprint density at radius 2 is 2.15 bits per heavy atom. The minimum atomic E-state index is -0.546. The molecule has 0 aliphatic heterocycles. The van der Waals surface area contributed by atoms with Gasteiger partial charge in [-0.1, -0.05) is 13.8 Å². The SMILES string of the molecule is CCOc1ccc(C(=O)NCCC(C)C)cc1[N+](=O)[O-]. The first-order chi connectivity index (χ1) is 9.45. The molecule has 0 saturated heterocycles. The Morgan fingerprint density at radius 3 is 2.70 bits per heavy atom. The van der Waals surface area contributed by atoms with Crippen molar-refractivity contribution in [3.8, 4) is 5.75 Å². The van der Waals surface area contributed by atoms with Gasteiger partial charge in [0, 0.05) is 18.2 Å². The lowest BCUT2D eigenvalue weighted by Crippen LogP contribution is -2.25. The summed E-state index contributed by atoms with van der Waals surface area (Å²) in [6, 6.07) is 4.23. The van der Waals surface area contributed by atoms with Gasteiger partial charge in [0.25, 0.3) is 5.91 Å². The second-order valence-corrected chi connectivity index (χ2v) is 4.81. The highest BCUT2D eigenvalue weighted by Crippen LogP contribution is 2.27. The number of nitro groups is 1. The fraction of sp³-hybridized carbons (Fsp3) is 0.500. The summed E-state index contributed by atoms with van der Waals surface area (Å²) in [4.78, 5) is 22.3. The van der Waals surface area contributed by atoms with Gasteiger partial charge >= 0.3 is 5.69 Å². The van der Waals surface area contributed by atoms with Crippen LogP contribution in [0.4, 0.5) is 5.69 Å². The van der Waals surface area contributed by atoms with Crippen LogP contribution in [0.5, 0.6) is 5.75 Å². The summed E-state index contributed by atoms with van der Waals surface area (Å²) in [5.41, 5.74) is 0.0762. The molecule has 1 amide bonds. The molecule has 1 N–H and O–H groups in total. The first kappa shape index (κ1) is 15.9. The van der Waals surface area contributed by atoms with Crippen LogP contribution >= 0.6 is 0 Å². The van der Waals surface area contributed by atoms with E-state index >= 15 is 0 Å². The van der Waals surface area contributed by atoms with E-state index in [4.69, 9.17) is 4.74 Å². The van der Waals surface area contributed by atoms with Crippen LogP contribution < -0.4 is 10.1 Å². The van der Waals surface area contributed by atoms with Crippen LogP contribution in [0, 0.1) is 16.0 Å². The van der Waals surface area contributed by atoms with Crippen molar-refractivity contribution in [1.82, 2.24) is 5.32 Å². The molecule has 1 aromatic rings. The first-order valence-electron chi connectivity index (χ1n) is 6.65. The maximum absolute atomic E-state index is 11.9. The van der Waals surface area contributed by atoms with Gasteiger partial charge in [0.15, 0.2) is 5.75 Å². The number of nitrogens with zero attached hydrogens (tertiary/aromatic N) is 1. The summed E-state index contributed by atoms with van der Waals surface area (Å²) in [5.74, 6) is 0.359. The molecule has 1 rings (SSSR count). The lowest BCUT2D eigenvalue weighted by atomic mass is 10.1. The van der Waals surface area contributed by atoms with Crippen LogP contribution in [0.3, 0.4) is 0 Å². The third-order valence-corrected chi connectivity index (χ3v) is 2.72. The highest BCUT2D eigenvalue weighted by atomic mass is 16.6. The molecule has 6 heteroatoms. The average Bonchev–Trinajstić information content (AvgIpc) is 2.38. The predicted octanol–water partition coefficient (Wildman–Crippen LogP) is 2.77. The van der Waals surface area contributed by atoms with Gasteiger partial charge in [-0.25, -0.2) is 0 Å². The number of rotatable bonds is 7. The lowest BCUT2D eigenvalue weighted by Gasteiger charge is -2.08. The van der Waals surface area contributed by atoms with Crippen molar-refractivity contribution in [1.29, 1.82) is 0 Å². The minimum Gasteiger partial charge on any atom is -0.487 e. The summed E-state index contributed by atoms with van der Waals surface area (Å²) in [5, 5.41) is 13.7. The Kier molecular flexibility index (Phi) is 5.96. The highest BCUT2D eigenvalue weighted by molar-refractivity contribution is 5.95. The molecular weight excluding hydrogens is 260 g/mol. The van der Waals surface area contributed by atoms with E-state index in [0.717, 1.165) is 6.42 Å². The van der Waals surface area contributed by atoms with Crippen molar-refractivity contribution < 1.29 is 14.5 Å². The zero-order chi connectivity index (χ0) is 15.1. The predicted molar refractivity (Wildman–Crippen MR) is 76.1 cm³/mol. The second kappa shape index (κ2) is 7.47. The molecule has 0 aliphatic carbocycles. The number of benzene rings is 1. The van der Waals surface area contributed by atoms with E-state index in [1.54, 1.807) is 6.92 Å². The number of carbonyl (C=O) groups excluding carboxylic acids is 1. The van der Waals surface area contributed by atoms with Crippen molar-refractivity contribution in [3.63, 3.8) is 0 Å². The molecule has 0 fully saturated rings. The van der Waals surface area contributed by atoms with E-state index in [1.165, 1.54) is 18.2 Å². The highest BCUT2D eigenvalue weighted by Gasteiger charge is 2.18. The van der Waals surface area contributed by atoms with E-state index in [-0.39, 0.29) is 22.9 Å². The Morgan fingerprint density at radius 1 is 1.45 bits per heavy atom. The van der Waals surface area contributed by atoms with Crippen molar-refractivity contribution in [2.24, 2.45) is 5.92 Å². The normalized spacial score (nSPS) is 10.4. The third-order valence-electron chi connectivity index (χ3n) is 2.72.